The molecule has 0 fully saturated rings. The van der Waals surface area contributed by atoms with Gasteiger partial charge in [0.25, 0.3) is 5.91 Å². The van der Waals surface area contributed by atoms with Crippen molar-refractivity contribution in [2.75, 3.05) is 7.11 Å². The molecule has 1 heterocycles. The summed E-state index contributed by atoms with van der Waals surface area (Å²) in [5.74, 6) is 5.32. The second-order valence-corrected chi connectivity index (χ2v) is 7.84. The summed E-state index contributed by atoms with van der Waals surface area (Å²) < 4.78 is 7.05. The van der Waals surface area contributed by atoms with Crippen molar-refractivity contribution in [1.29, 1.82) is 0 Å². The number of nitrogens with zero attached hydrogens (tertiary/aromatic N) is 2. The Morgan fingerprint density at radius 3 is 2.34 bits per heavy atom. The topological polar surface area (TPSA) is 63.6 Å². The van der Waals surface area contributed by atoms with Gasteiger partial charge in [-0.1, -0.05) is 18.1 Å². The number of hydrogen-bond acceptors (Lipinski definition) is 3. The molecule has 0 bridgehead atoms. The molecule has 0 aliphatic heterocycles. The number of nitrogens with one attached hydrogen (secondary N) is 1. The Morgan fingerprint density at radius 2 is 1.86 bits per heavy atom. The summed E-state index contributed by atoms with van der Waals surface area (Å²) in [5.41, 5.74) is 1.15. The van der Waals surface area contributed by atoms with Gasteiger partial charge in [-0.25, -0.2) is 0 Å². The van der Waals surface area contributed by atoms with E-state index in [1.165, 1.54) is 4.90 Å². The number of aromatic nitrogens is 1. The van der Waals surface area contributed by atoms with Gasteiger partial charge in [-0.15, -0.1) is 0 Å². The highest BCUT2D eigenvalue weighted by molar-refractivity contribution is 5.97. The maximum atomic E-state index is 13.3. The fraction of sp³-hybridized carbons (Fsp3) is 0.391. The van der Waals surface area contributed by atoms with E-state index in [0.717, 1.165) is 11.3 Å². The van der Waals surface area contributed by atoms with Gasteiger partial charge in [0.1, 0.15) is 5.75 Å². The number of ether oxygens (including phenoxy) is 1. The van der Waals surface area contributed by atoms with Gasteiger partial charge in [0.15, 0.2) is 6.04 Å². The zero-order valence-electron chi connectivity index (χ0n) is 17.9. The minimum atomic E-state index is -0.815. The van der Waals surface area contributed by atoms with Crippen LogP contribution in [0.5, 0.6) is 5.75 Å². The van der Waals surface area contributed by atoms with Crippen LogP contribution in [0.2, 0.25) is 0 Å². The molecule has 0 saturated carbocycles. The first kappa shape index (κ1) is 22.1. The lowest BCUT2D eigenvalue weighted by Crippen LogP contribution is -2.49. The standard InChI is InChI=1S/C23H29N3O3/c1-7-9-20(27)26(16-17-11-13-18(29-6)14-12-17)21(19-10-8-15-25(19)5)22(28)24-23(2,3)4/h8,10-15,21H,16H2,1-6H3,(H,24,28). The predicted octanol–water partition coefficient (Wildman–Crippen LogP) is 3.04. The van der Waals surface area contributed by atoms with Gasteiger partial charge >= 0.3 is 0 Å². The van der Waals surface area contributed by atoms with E-state index in [2.05, 4.69) is 17.2 Å². The van der Waals surface area contributed by atoms with Gasteiger partial charge in [0, 0.05) is 31.0 Å². The number of methoxy groups -OCH3 is 1. The summed E-state index contributed by atoms with van der Waals surface area (Å²) in [5, 5.41) is 3.00. The minimum Gasteiger partial charge on any atom is -0.497 e. The number of carbonyl (C=O) groups is 2. The third-order valence-corrected chi connectivity index (χ3v) is 4.33. The highest BCUT2D eigenvalue weighted by Crippen LogP contribution is 2.25. The summed E-state index contributed by atoms with van der Waals surface area (Å²) >= 11 is 0. The van der Waals surface area contributed by atoms with Gasteiger partial charge in [-0.3, -0.25) is 9.59 Å². The average Bonchev–Trinajstić information content (AvgIpc) is 3.06. The molecule has 29 heavy (non-hydrogen) atoms. The van der Waals surface area contributed by atoms with Crippen LogP contribution in [0, 0.1) is 11.8 Å². The van der Waals surface area contributed by atoms with Crippen molar-refractivity contribution < 1.29 is 14.3 Å². The van der Waals surface area contributed by atoms with Gasteiger partial charge in [-0.05, 0) is 63.4 Å². The van der Waals surface area contributed by atoms with Crippen LogP contribution in [0.3, 0.4) is 0 Å². The molecule has 0 radical (unpaired) electrons. The van der Waals surface area contributed by atoms with Crippen molar-refractivity contribution in [3.8, 4) is 17.6 Å². The third-order valence-electron chi connectivity index (χ3n) is 4.33. The number of hydrogen-bond donors (Lipinski definition) is 1. The molecule has 6 nitrogen and oxygen atoms in total. The van der Waals surface area contributed by atoms with Crippen molar-refractivity contribution in [3.63, 3.8) is 0 Å². The quantitative estimate of drug-likeness (QED) is 0.765. The molecule has 0 spiro atoms. The van der Waals surface area contributed by atoms with Crippen molar-refractivity contribution >= 4 is 11.8 Å². The molecule has 0 aliphatic carbocycles. The van der Waals surface area contributed by atoms with Gasteiger partial charge in [0.05, 0.1) is 7.11 Å². The lowest BCUT2D eigenvalue weighted by Gasteiger charge is -2.32. The largest absolute Gasteiger partial charge is 0.497 e. The van der Waals surface area contributed by atoms with E-state index in [9.17, 15) is 9.59 Å². The summed E-state index contributed by atoms with van der Waals surface area (Å²) in [6, 6.07) is 10.3. The average molecular weight is 396 g/mol. The molecule has 2 amide bonds. The second-order valence-electron chi connectivity index (χ2n) is 7.84. The van der Waals surface area contributed by atoms with Crippen LogP contribution in [0.4, 0.5) is 0 Å². The molecule has 1 unspecified atom stereocenters. The van der Waals surface area contributed by atoms with E-state index >= 15 is 0 Å². The zero-order chi connectivity index (χ0) is 21.6. The smallest absolute Gasteiger partial charge is 0.299 e. The van der Waals surface area contributed by atoms with Gasteiger partial charge < -0.3 is 19.5 Å². The maximum Gasteiger partial charge on any atom is 0.299 e. The first-order chi connectivity index (χ1) is 13.7. The van der Waals surface area contributed by atoms with Crippen LogP contribution < -0.4 is 10.1 Å². The molecular weight excluding hydrogens is 366 g/mol. The maximum absolute atomic E-state index is 13.3. The van der Waals surface area contributed by atoms with E-state index in [1.54, 1.807) is 14.0 Å². The zero-order valence-corrected chi connectivity index (χ0v) is 17.9. The summed E-state index contributed by atoms with van der Waals surface area (Å²) in [4.78, 5) is 27.7. The van der Waals surface area contributed by atoms with E-state index < -0.39 is 17.5 Å². The molecule has 1 aromatic carbocycles. The Bertz CT molecular complexity index is 911. The van der Waals surface area contributed by atoms with E-state index in [0.29, 0.717) is 5.69 Å². The number of carbonyl (C=O) groups excluding carboxylic acids is 2. The van der Waals surface area contributed by atoms with Crippen LogP contribution in [0.1, 0.15) is 45.0 Å². The Labute approximate surface area is 172 Å². The molecule has 6 heteroatoms. The van der Waals surface area contributed by atoms with Crippen LogP contribution in [-0.2, 0) is 23.2 Å². The Morgan fingerprint density at radius 1 is 1.21 bits per heavy atom. The first-order valence-electron chi connectivity index (χ1n) is 9.46. The third kappa shape index (κ3) is 5.89. The molecule has 1 N–H and O–H groups in total. The normalized spacial score (nSPS) is 11.8. The van der Waals surface area contributed by atoms with Crippen LogP contribution in [0.25, 0.3) is 0 Å². The Kier molecular flexibility index (Phi) is 7.11. The molecule has 154 valence electrons. The van der Waals surface area contributed by atoms with E-state index in [4.69, 9.17) is 4.74 Å². The molecule has 2 rings (SSSR count). The predicted molar refractivity (Wildman–Crippen MR) is 113 cm³/mol. The van der Waals surface area contributed by atoms with E-state index in [-0.39, 0.29) is 12.5 Å². The fourth-order valence-corrected chi connectivity index (χ4v) is 3.02. The number of rotatable bonds is 6. The molecular formula is C23H29N3O3. The summed E-state index contributed by atoms with van der Waals surface area (Å²) in [7, 11) is 3.46. The van der Waals surface area contributed by atoms with Crippen molar-refractivity contribution in [3.05, 3.63) is 53.9 Å². The molecule has 0 saturated heterocycles. The Balaban J connectivity index is 2.50. The molecule has 1 atom stereocenters. The molecule has 2 aromatic rings. The number of benzene rings is 1. The van der Waals surface area contributed by atoms with Crippen LogP contribution >= 0.6 is 0 Å². The van der Waals surface area contributed by atoms with Crippen LogP contribution in [-0.4, -0.2) is 33.9 Å². The molecule has 0 aliphatic rings. The first-order valence-corrected chi connectivity index (χ1v) is 9.46. The lowest BCUT2D eigenvalue weighted by molar-refractivity contribution is -0.138. The van der Waals surface area contributed by atoms with Gasteiger partial charge in [-0.2, -0.15) is 0 Å². The van der Waals surface area contributed by atoms with Crippen molar-refractivity contribution in [2.45, 2.75) is 45.8 Å². The highest BCUT2D eigenvalue weighted by Gasteiger charge is 2.34. The highest BCUT2D eigenvalue weighted by atomic mass is 16.5. The second kappa shape index (κ2) is 9.33. The van der Waals surface area contributed by atoms with E-state index in [1.807, 2.05) is 75.0 Å². The summed E-state index contributed by atoms with van der Waals surface area (Å²) in [6.07, 6.45) is 1.86. The monoisotopic (exact) mass is 395 g/mol. The fourth-order valence-electron chi connectivity index (χ4n) is 3.02. The molecule has 1 aromatic heterocycles. The van der Waals surface area contributed by atoms with Crippen molar-refractivity contribution in [1.82, 2.24) is 14.8 Å². The SMILES string of the molecule is CC#CC(=O)N(Cc1ccc(OC)cc1)C(C(=O)NC(C)(C)C)c1cccn1C. The summed E-state index contributed by atoms with van der Waals surface area (Å²) in [6.45, 7) is 7.58. The minimum absolute atomic E-state index is 0.241. The van der Waals surface area contributed by atoms with Gasteiger partial charge in [0.2, 0.25) is 5.91 Å². The Hall–Kier alpha value is -3.20. The van der Waals surface area contributed by atoms with Crippen LogP contribution in [0.15, 0.2) is 42.6 Å². The van der Waals surface area contributed by atoms with Crippen molar-refractivity contribution in [2.24, 2.45) is 7.05 Å². The number of amides is 2. The number of aryl methyl sites for hydroxylation is 1. The lowest BCUT2D eigenvalue weighted by atomic mass is 10.0.